The predicted octanol–water partition coefficient (Wildman–Crippen LogP) is 2.29. The number of carbonyl (C=O) groups is 1. The summed E-state index contributed by atoms with van der Waals surface area (Å²) in [5.41, 5.74) is 1.81. The van der Waals surface area contributed by atoms with Crippen LogP contribution in [0.3, 0.4) is 0 Å². The highest BCUT2D eigenvalue weighted by atomic mass is 16.1. The Morgan fingerprint density at radius 3 is 2.50 bits per heavy atom. The molecule has 1 heterocycles. The molecule has 98 valence electrons. The van der Waals surface area contributed by atoms with Crippen molar-refractivity contribution >= 4 is 19.8 Å². The van der Waals surface area contributed by atoms with Crippen molar-refractivity contribution in [3.05, 3.63) is 75.2 Å². The van der Waals surface area contributed by atoms with E-state index in [0.717, 1.165) is 10.0 Å². The van der Waals surface area contributed by atoms with Crippen molar-refractivity contribution in [3.8, 4) is 0 Å². The fourth-order valence-electron chi connectivity index (χ4n) is 2.02. The first-order valence-corrected chi connectivity index (χ1v) is 6.26. The molecule has 1 aromatic carbocycles. The van der Waals surface area contributed by atoms with E-state index in [1.54, 1.807) is 26.0 Å². The first-order chi connectivity index (χ1) is 9.50. The van der Waals surface area contributed by atoms with Gasteiger partial charge < -0.3 is 4.48 Å². The van der Waals surface area contributed by atoms with Crippen molar-refractivity contribution in [2.24, 2.45) is 0 Å². The Bertz CT molecular complexity index is 730. The summed E-state index contributed by atoms with van der Waals surface area (Å²) in [5, 5.41) is 0. The molecule has 0 fully saturated rings. The van der Waals surface area contributed by atoms with Crippen LogP contribution in [0.2, 0.25) is 0 Å². The molecule has 1 aromatic heterocycles. The summed E-state index contributed by atoms with van der Waals surface area (Å²) in [4.78, 5) is 24.2. The van der Waals surface area contributed by atoms with Gasteiger partial charge in [-0.15, -0.1) is 0 Å². The second kappa shape index (κ2) is 5.74. The van der Waals surface area contributed by atoms with Crippen LogP contribution in [0.4, 0.5) is 0 Å². The van der Waals surface area contributed by atoms with Gasteiger partial charge in [-0.3, -0.25) is 9.59 Å². The molecule has 0 bridgehead atoms. The maximum Gasteiger partial charge on any atom is 0.249 e. The standard InChI is InChI=1S/C16H14BNO2/c1-11-10-12(2)18(17)16(20)15(11)14(19)9-8-13-6-4-3-5-7-13/h3-10H,1-2H3/b9-8+. The first-order valence-electron chi connectivity index (χ1n) is 6.26. The molecule has 0 saturated carbocycles. The van der Waals surface area contributed by atoms with Crippen LogP contribution >= 0.6 is 0 Å². The molecule has 4 heteroatoms. The molecule has 0 saturated heterocycles. The third kappa shape index (κ3) is 2.80. The van der Waals surface area contributed by atoms with Crippen LogP contribution in [-0.2, 0) is 0 Å². The summed E-state index contributed by atoms with van der Waals surface area (Å²) >= 11 is 0. The van der Waals surface area contributed by atoms with Gasteiger partial charge in [0.05, 0.1) is 5.56 Å². The summed E-state index contributed by atoms with van der Waals surface area (Å²) in [5.74, 6) is -0.337. The van der Waals surface area contributed by atoms with E-state index < -0.39 is 5.56 Å². The van der Waals surface area contributed by atoms with Crippen molar-refractivity contribution < 1.29 is 4.79 Å². The largest absolute Gasteiger partial charge is 0.369 e. The Kier molecular flexibility index (Phi) is 4.03. The third-order valence-corrected chi connectivity index (χ3v) is 3.11. The summed E-state index contributed by atoms with van der Waals surface area (Å²) in [6.45, 7) is 3.46. The topological polar surface area (TPSA) is 39.1 Å². The Morgan fingerprint density at radius 2 is 1.85 bits per heavy atom. The number of rotatable bonds is 3. The van der Waals surface area contributed by atoms with Crippen LogP contribution in [0.25, 0.3) is 6.08 Å². The number of hydrogen-bond donors (Lipinski definition) is 0. The van der Waals surface area contributed by atoms with Gasteiger partial charge >= 0.3 is 0 Å². The van der Waals surface area contributed by atoms with Gasteiger partial charge in [0.1, 0.15) is 0 Å². The molecule has 0 aliphatic carbocycles. The lowest BCUT2D eigenvalue weighted by molar-refractivity contribution is 0.104. The summed E-state index contributed by atoms with van der Waals surface area (Å²) in [6.07, 6.45) is 3.08. The normalized spacial score (nSPS) is 10.9. The molecule has 3 nitrogen and oxygen atoms in total. The molecule has 2 aromatic rings. The molecular formula is C16H14BNO2. The SMILES string of the molecule is [B]n1c(C)cc(C)c(C(=O)/C=C/c2ccccc2)c1=O. The monoisotopic (exact) mass is 263 g/mol. The number of nitrogens with zero attached hydrogens (tertiary/aromatic N) is 1. The zero-order valence-corrected chi connectivity index (χ0v) is 11.5. The average molecular weight is 263 g/mol. The quantitative estimate of drug-likeness (QED) is 0.484. The highest BCUT2D eigenvalue weighted by molar-refractivity contribution is 6.10. The number of aromatic nitrogens is 1. The lowest BCUT2D eigenvalue weighted by Crippen LogP contribution is -2.27. The Balaban J connectivity index is 2.38. The molecule has 0 aliphatic heterocycles. The number of hydrogen-bond acceptors (Lipinski definition) is 2. The summed E-state index contributed by atoms with van der Waals surface area (Å²) in [7, 11) is 5.62. The lowest BCUT2D eigenvalue weighted by atomic mass is 10.0. The van der Waals surface area contributed by atoms with E-state index in [4.69, 9.17) is 7.98 Å². The Hall–Kier alpha value is -2.36. The van der Waals surface area contributed by atoms with Crippen LogP contribution in [-0.4, -0.2) is 18.2 Å². The van der Waals surface area contributed by atoms with Crippen LogP contribution in [0, 0.1) is 13.8 Å². The van der Waals surface area contributed by atoms with E-state index >= 15 is 0 Å². The van der Waals surface area contributed by atoms with Gasteiger partial charge in [0.15, 0.2) is 5.78 Å². The number of carbonyl (C=O) groups excluding carboxylic acids is 1. The zero-order chi connectivity index (χ0) is 14.7. The second-order valence-corrected chi connectivity index (χ2v) is 4.63. The molecular weight excluding hydrogens is 249 g/mol. The highest BCUT2D eigenvalue weighted by Crippen LogP contribution is 2.08. The predicted molar refractivity (Wildman–Crippen MR) is 81.1 cm³/mol. The maximum atomic E-state index is 12.2. The van der Waals surface area contributed by atoms with Gasteiger partial charge in [0.2, 0.25) is 13.5 Å². The van der Waals surface area contributed by atoms with Crippen LogP contribution in [0.1, 0.15) is 27.2 Å². The third-order valence-electron chi connectivity index (χ3n) is 3.11. The van der Waals surface area contributed by atoms with Crippen LogP contribution in [0.15, 0.2) is 47.3 Å². The minimum absolute atomic E-state index is 0.116. The molecule has 0 amide bonds. The van der Waals surface area contributed by atoms with Gasteiger partial charge in [-0.25, -0.2) is 0 Å². The van der Waals surface area contributed by atoms with E-state index in [-0.39, 0.29) is 11.3 Å². The van der Waals surface area contributed by atoms with Gasteiger partial charge in [-0.05, 0) is 37.1 Å². The van der Waals surface area contributed by atoms with E-state index in [2.05, 4.69) is 0 Å². The smallest absolute Gasteiger partial charge is 0.249 e. The zero-order valence-electron chi connectivity index (χ0n) is 11.5. The second-order valence-electron chi connectivity index (χ2n) is 4.63. The minimum atomic E-state index is -0.467. The van der Waals surface area contributed by atoms with Gasteiger partial charge in [-0.1, -0.05) is 36.4 Å². The molecule has 2 radical (unpaired) electrons. The molecule has 20 heavy (non-hydrogen) atoms. The summed E-state index contributed by atoms with van der Waals surface area (Å²) in [6, 6.07) is 11.2. The van der Waals surface area contributed by atoms with E-state index in [9.17, 15) is 9.59 Å². The van der Waals surface area contributed by atoms with Crippen molar-refractivity contribution in [1.29, 1.82) is 0 Å². The Labute approximate surface area is 119 Å². The molecule has 2 rings (SSSR count). The molecule has 0 N–H and O–H groups in total. The number of aryl methyl sites for hydroxylation is 2. The van der Waals surface area contributed by atoms with Crippen molar-refractivity contribution in [3.63, 3.8) is 0 Å². The van der Waals surface area contributed by atoms with Crippen molar-refractivity contribution in [2.75, 3.05) is 0 Å². The molecule has 0 unspecified atom stereocenters. The first kappa shape index (κ1) is 14.1. The fraction of sp³-hybridized carbons (Fsp3) is 0.125. The Morgan fingerprint density at radius 1 is 1.20 bits per heavy atom. The number of ketones is 1. The van der Waals surface area contributed by atoms with Gasteiger partial charge in [0, 0.05) is 5.69 Å². The molecule has 0 spiro atoms. The van der Waals surface area contributed by atoms with Crippen molar-refractivity contribution in [2.45, 2.75) is 13.8 Å². The van der Waals surface area contributed by atoms with Crippen molar-refractivity contribution in [1.82, 2.24) is 4.48 Å². The number of pyridine rings is 1. The maximum absolute atomic E-state index is 12.2. The number of allylic oxidation sites excluding steroid dienone is 1. The van der Waals surface area contributed by atoms with Crippen LogP contribution < -0.4 is 5.56 Å². The number of benzene rings is 1. The van der Waals surface area contributed by atoms with E-state index in [0.29, 0.717) is 11.3 Å². The van der Waals surface area contributed by atoms with Gasteiger partial charge in [0.25, 0.3) is 0 Å². The van der Waals surface area contributed by atoms with E-state index in [1.165, 1.54) is 6.08 Å². The van der Waals surface area contributed by atoms with E-state index in [1.807, 2.05) is 30.3 Å². The summed E-state index contributed by atoms with van der Waals surface area (Å²) < 4.78 is 0.997. The fourth-order valence-corrected chi connectivity index (χ4v) is 2.02. The lowest BCUT2D eigenvalue weighted by Gasteiger charge is -2.08. The minimum Gasteiger partial charge on any atom is -0.369 e. The van der Waals surface area contributed by atoms with Crippen LogP contribution in [0.5, 0.6) is 0 Å². The average Bonchev–Trinajstić information content (AvgIpc) is 2.44. The highest BCUT2D eigenvalue weighted by Gasteiger charge is 2.13. The molecule has 0 atom stereocenters. The van der Waals surface area contributed by atoms with Gasteiger partial charge in [-0.2, -0.15) is 0 Å². The molecule has 0 aliphatic rings.